The van der Waals surface area contributed by atoms with Gasteiger partial charge in [0.05, 0.1) is 12.5 Å². The number of nitrogens with one attached hydrogen (secondary N) is 2. The highest BCUT2D eigenvalue weighted by Crippen LogP contribution is 2.25. The number of carbonyl (C=O) groups excluding carboxylic acids is 2. The van der Waals surface area contributed by atoms with Crippen LogP contribution in [-0.4, -0.2) is 22.9 Å². The fourth-order valence-corrected chi connectivity index (χ4v) is 2.79. The Morgan fingerprint density at radius 3 is 2.00 bits per heavy atom. The Hall–Kier alpha value is -3.15. The molecule has 0 aliphatic heterocycles. The zero-order chi connectivity index (χ0) is 20.9. The number of anilines is 1. The van der Waals surface area contributed by atoms with Crippen molar-refractivity contribution in [1.29, 1.82) is 0 Å². The van der Waals surface area contributed by atoms with E-state index in [1.54, 1.807) is 24.3 Å². The van der Waals surface area contributed by atoms with Crippen LogP contribution in [0.25, 0.3) is 0 Å². The summed E-state index contributed by atoms with van der Waals surface area (Å²) in [5, 5.41) is 14.7. The smallest absolute Gasteiger partial charge is 0.305 e. The molecule has 1 unspecified atom stereocenters. The van der Waals surface area contributed by atoms with Crippen LogP contribution in [0.1, 0.15) is 61.6 Å². The lowest BCUT2D eigenvalue weighted by atomic mass is 9.86. The van der Waals surface area contributed by atoms with Gasteiger partial charge in [0.25, 0.3) is 5.91 Å². The number of carboxylic acid groups (broad SMARTS) is 1. The van der Waals surface area contributed by atoms with Gasteiger partial charge in [-0.1, -0.05) is 45.0 Å². The molecule has 0 saturated carbocycles. The lowest BCUT2D eigenvalue weighted by Crippen LogP contribution is -2.30. The number of hydrogen-bond acceptors (Lipinski definition) is 3. The van der Waals surface area contributed by atoms with Crippen LogP contribution in [0.4, 0.5) is 5.69 Å². The van der Waals surface area contributed by atoms with Gasteiger partial charge in [0.15, 0.2) is 0 Å². The van der Waals surface area contributed by atoms with E-state index >= 15 is 0 Å². The van der Waals surface area contributed by atoms with Crippen molar-refractivity contribution in [3.63, 3.8) is 0 Å². The third-order valence-corrected chi connectivity index (χ3v) is 4.33. The third kappa shape index (κ3) is 5.94. The lowest BCUT2D eigenvalue weighted by Gasteiger charge is -2.22. The summed E-state index contributed by atoms with van der Waals surface area (Å²) in [4.78, 5) is 34.9. The molecule has 2 aromatic carbocycles. The molecule has 3 N–H and O–H groups in total. The predicted molar refractivity (Wildman–Crippen MR) is 108 cm³/mol. The van der Waals surface area contributed by atoms with Crippen molar-refractivity contribution in [2.45, 2.75) is 45.6 Å². The molecule has 2 rings (SSSR count). The number of benzene rings is 2. The van der Waals surface area contributed by atoms with E-state index in [1.165, 1.54) is 6.92 Å². The van der Waals surface area contributed by atoms with Crippen LogP contribution in [0.3, 0.4) is 0 Å². The van der Waals surface area contributed by atoms with E-state index in [4.69, 9.17) is 0 Å². The minimum Gasteiger partial charge on any atom is -0.481 e. The van der Waals surface area contributed by atoms with E-state index < -0.39 is 12.0 Å². The highest BCUT2D eigenvalue weighted by atomic mass is 16.4. The molecule has 0 heterocycles. The molecule has 2 aromatic rings. The van der Waals surface area contributed by atoms with Crippen LogP contribution in [0.5, 0.6) is 0 Å². The molecule has 28 heavy (non-hydrogen) atoms. The van der Waals surface area contributed by atoms with E-state index in [9.17, 15) is 19.5 Å². The summed E-state index contributed by atoms with van der Waals surface area (Å²) in [6.07, 6.45) is -0.218. The average Bonchev–Trinajstić information content (AvgIpc) is 2.60. The van der Waals surface area contributed by atoms with Gasteiger partial charge in [-0.2, -0.15) is 0 Å². The van der Waals surface area contributed by atoms with Crippen LogP contribution >= 0.6 is 0 Å². The van der Waals surface area contributed by atoms with E-state index in [1.807, 2.05) is 24.3 Å². The van der Waals surface area contributed by atoms with Crippen molar-refractivity contribution in [1.82, 2.24) is 5.32 Å². The van der Waals surface area contributed by atoms with Crippen LogP contribution < -0.4 is 10.6 Å². The second-order valence-electron chi connectivity index (χ2n) is 7.75. The molecule has 0 bridgehead atoms. The zero-order valence-electron chi connectivity index (χ0n) is 16.6. The zero-order valence-corrected chi connectivity index (χ0v) is 16.6. The summed E-state index contributed by atoms with van der Waals surface area (Å²) >= 11 is 0. The molecule has 0 spiro atoms. The first kappa shape index (κ1) is 21.2. The van der Waals surface area contributed by atoms with Crippen molar-refractivity contribution in [2.75, 3.05) is 5.32 Å². The first-order valence-corrected chi connectivity index (χ1v) is 9.07. The fourth-order valence-electron chi connectivity index (χ4n) is 2.79. The largest absolute Gasteiger partial charge is 0.481 e. The fraction of sp³-hybridized carbons (Fsp3) is 0.318. The maximum atomic E-state index is 12.6. The summed E-state index contributed by atoms with van der Waals surface area (Å²) < 4.78 is 0. The Balaban J connectivity index is 2.18. The normalized spacial score (nSPS) is 12.1. The molecule has 1 atom stereocenters. The summed E-state index contributed by atoms with van der Waals surface area (Å²) in [6, 6.07) is 13.4. The lowest BCUT2D eigenvalue weighted by molar-refractivity contribution is -0.137. The van der Waals surface area contributed by atoms with Crippen molar-refractivity contribution >= 4 is 23.5 Å². The molecule has 0 fully saturated rings. The molecular formula is C22H26N2O4. The summed E-state index contributed by atoms with van der Waals surface area (Å²) in [6.45, 7) is 7.71. The van der Waals surface area contributed by atoms with Gasteiger partial charge in [-0.15, -0.1) is 0 Å². The number of carbonyl (C=O) groups is 3. The standard InChI is InChI=1S/C22H26N2O4/c1-14(25)23-18-11-7-16(8-12-18)21(28)24-19(13-20(26)27)15-5-9-17(10-6-15)22(2,3)4/h5-12,19H,13H2,1-4H3,(H,23,25)(H,24,28)(H,26,27). The minimum absolute atomic E-state index is 0.0142. The van der Waals surface area contributed by atoms with Gasteiger partial charge in [-0.05, 0) is 40.8 Å². The van der Waals surface area contributed by atoms with E-state index in [-0.39, 0.29) is 23.7 Å². The Morgan fingerprint density at radius 1 is 0.964 bits per heavy atom. The Morgan fingerprint density at radius 2 is 1.54 bits per heavy atom. The Labute approximate surface area is 165 Å². The second kappa shape index (κ2) is 8.69. The molecule has 2 amide bonds. The number of amides is 2. The predicted octanol–water partition coefficient (Wildman–Crippen LogP) is 3.89. The van der Waals surface area contributed by atoms with Gasteiger partial charge in [0, 0.05) is 18.2 Å². The Kier molecular flexibility index (Phi) is 6.57. The number of aliphatic carboxylic acids is 1. The van der Waals surface area contributed by atoms with Gasteiger partial charge in [-0.25, -0.2) is 0 Å². The highest BCUT2D eigenvalue weighted by molar-refractivity contribution is 5.96. The second-order valence-corrected chi connectivity index (χ2v) is 7.75. The molecule has 6 nitrogen and oxygen atoms in total. The monoisotopic (exact) mass is 382 g/mol. The quantitative estimate of drug-likeness (QED) is 0.706. The summed E-state index contributed by atoms with van der Waals surface area (Å²) in [5.41, 5.74) is 2.82. The van der Waals surface area contributed by atoms with E-state index in [0.717, 1.165) is 11.1 Å². The third-order valence-electron chi connectivity index (χ3n) is 4.33. The number of hydrogen-bond donors (Lipinski definition) is 3. The minimum atomic E-state index is -0.994. The van der Waals surface area contributed by atoms with E-state index in [2.05, 4.69) is 31.4 Å². The molecule has 0 saturated heterocycles. The summed E-state index contributed by atoms with van der Waals surface area (Å²) in [7, 11) is 0. The maximum absolute atomic E-state index is 12.6. The van der Waals surface area contributed by atoms with Crippen molar-refractivity contribution in [3.05, 3.63) is 65.2 Å². The van der Waals surface area contributed by atoms with Crippen LogP contribution in [-0.2, 0) is 15.0 Å². The van der Waals surface area contributed by atoms with Crippen LogP contribution in [0, 0.1) is 0 Å². The van der Waals surface area contributed by atoms with Gasteiger partial charge in [-0.3, -0.25) is 14.4 Å². The molecule has 0 aliphatic carbocycles. The molecule has 0 aromatic heterocycles. The highest BCUT2D eigenvalue weighted by Gasteiger charge is 2.20. The maximum Gasteiger partial charge on any atom is 0.305 e. The molecule has 6 heteroatoms. The molecular weight excluding hydrogens is 356 g/mol. The van der Waals surface area contributed by atoms with Gasteiger partial charge < -0.3 is 15.7 Å². The van der Waals surface area contributed by atoms with Crippen molar-refractivity contribution in [2.24, 2.45) is 0 Å². The topological polar surface area (TPSA) is 95.5 Å². The van der Waals surface area contributed by atoms with Gasteiger partial charge >= 0.3 is 5.97 Å². The number of carboxylic acids is 1. The average molecular weight is 382 g/mol. The van der Waals surface area contributed by atoms with Crippen molar-refractivity contribution < 1.29 is 19.5 Å². The van der Waals surface area contributed by atoms with Gasteiger partial charge in [0.2, 0.25) is 5.91 Å². The van der Waals surface area contributed by atoms with Crippen LogP contribution in [0.2, 0.25) is 0 Å². The summed E-state index contributed by atoms with van der Waals surface area (Å²) in [5.74, 6) is -1.57. The van der Waals surface area contributed by atoms with Crippen molar-refractivity contribution in [3.8, 4) is 0 Å². The van der Waals surface area contributed by atoms with Crippen LogP contribution in [0.15, 0.2) is 48.5 Å². The number of rotatable bonds is 6. The molecule has 0 radical (unpaired) electrons. The van der Waals surface area contributed by atoms with E-state index in [0.29, 0.717) is 11.3 Å². The SMILES string of the molecule is CC(=O)Nc1ccc(C(=O)NC(CC(=O)O)c2ccc(C(C)(C)C)cc2)cc1. The first-order valence-electron chi connectivity index (χ1n) is 9.07. The molecule has 148 valence electrons. The molecule has 0 aliphatic rings. The van der Waals surface area contributed by atoms with Gasteiger partial charge in [0.1, 0.15) is 0 Å². The Bertz CT molecular complexity index is 850. The first-order chi connectivity index (χ1) is 13.1.